The minimum atomic E-state index is -0.246. The summed E-state index contributed by atoms with van der Waals surface area (Å²) >= 11 is 0. The number of nitrogens with zero attached hydrogens (tertiary/aromatic N) is 3. The van der Waals surface area contributed by atoms with E-state index in [9.17, 15) is 4.79 Å². The van der Waals surface area contributed by atoms with E-state index in [0.29, 0.717) is 0 Å². The van der Waals surface area contributed by atoms with E-state index >= 15 is 0 Å². The van der Waals surface area contributed by atoms with E-state index in [1.54, 1.807) is 6.20 Å². The third-order valence-electron chi connectivity index (χ3n) is 6.72. The zero-order valence-electron chi connectivity index (χ0n) is 18.6. The first-order chi connectivity index (χ1) is 15.2. The minimum Gasteiger partial charge on any atom is -0.355 e. The molecule has 0 unspecified atom stereocenters. The van der Waals surface area contributed by atoms with Crippen LogP contribution in [0.25, 0.3) is 0 Å². The third kappa shape index (κ3) is 5.97. The van der Waals surface area contributed by atoms with Gasteiger partial charge in [0.15, 0.2) is 5.82 Å². The molecule has 2 amide bonds. The summed E-state index contributed by atoms with van der Waals surface area (Å²) in [6.07, 6.45) is 11.1. The van der Waals surface area contributed by atoms with Crippen molar-refractivity contribution in [3.63, 3.8) is 0 Å². The lowest BCUT2D eigenvalue weighted by Gasteiger charge is -2.38. The molecule has 1 saturated heterocycles. The van der Waals surface area contributed by atoms with Gasteiger partial charge in [0.1, 0.15) is 0 Å². The van der Waals surface area contributed by atoms with Gasteiger partial charge in [0, 0.05) is 37.6 Å². The molecular weight excluding hydrogens is 386 g/mol. The van der Waals surface area contributed by atoms with Gasteiger partial charge in [-0.3, -0.25) is 0 Å². The molecule has 0 radical (unpaired) electrons. The second-order valence-corrected chi connectivity index (χ2v) is 8.98. The van der Waals surface area contributed by atoms with Gasteiger partial charge in [-0.1, -0.05) is 37.5 Å². The van der Waals surface area contributed by atoms with Crippen LogP contribution in [0.4, 0.5) is 22.0 Å². The first-order valence-corrected chi connectivity index (χ1v) is 11.7. The van der Waals surface area contributed by atoms with Crippen LogP contribution in [-0.4, -0.2) is 48.6 Å². The maximum atomic E-state index is 12.5. The van der Waals surface area contributed by atoms with Gasteiger partial charge in [0.2, 0.25) is 0 Å². The molecule has 2 fully saturated rings. The lowest BCUT2D eigenvalue weighted by molar-refractivity contribution is 0.156. The molecule has 1 aliphatic heterocycles. The lowest BCUT2D eigenvalue weighted by Crippen LogP contribution is -2.42. The molecule has 2 heterocycles. The second kappa shape index (κ2) is 10.6. The monoisotopic (exact) mass is 421 g/mol. The number of piperidine rings is 1. The summed E-state index contributed by atoms with van der Waals surface area (Å²) in [5.41, 5.74) is 1.53. The predicted octanol–water partition coefficient (Wildman–Crippen LogP) is 5.21. The maximum absolute atomic E-state index is 12.5. The first-order valence-electron chi connectivity index (χ1n) is 11.7. The molecule has 1 aliphatic carbocycles. The van der Waals surface area contributed by atoms with Crippen LogP contribution in [-0.2, 0) is 0 Å². The molecule has 2 aliphatic rings. The number of urea groups is 1. The molecule has 2 aromatic rings. The standard InChI is InChI=1S/C25H35N5O/c1-29(22-11-6-3-7-12-22)19-20-14-17-30(18-15-20)24-23(13-8-16-26-24)28-25(31)27-21-9-4-2-5-10-21/h2,4-5,8-10,13,16,20,22H,3,6-7,11-12,14-15,17-19H2,1H3,(H2,27,28,31). The molecule has 0 spiro atoms. The van der Waals surface area contributed by atoms with Gasteiger partial charge in [0.05, 0.1) is 5.69 Å². The number of hydrogen-bond donors (Lipinski definition) is 2. The number of rotatable bonds is 6. The number of nitrogens with one attached hydrogen (secondary N) is 2. The highest BCUT2D eigenvalue weighted by atomic mass is 16.2. The van der Waals surface area contributed by atoms with Crippen LogP contribution in [0.3, 0.4) is 0 Å². The number of hydrogen-bond acceptors (Lipinski definition) is 4. The molecule has 166 valence electrons. The number of benzene rings is 1. The van der Waals surface area contributed by atoms with Crippen molar-refractivity contribution in [2.45, 2.75) is 51.0 Å². The summed E-state index contributed by atoms with van der Waals surface area (Å²) in [6.45, 7) is 3.16. The highest BCUT2D eigenvalue weighted by Crippen LogP contribution is 2.29. The molecule has 1 aromatic heterocycles. The van der Waals surface area contributed by atoms with Crippen LogP contribution < -0.4 is 15.5 Å². The number of carbonyl (C=O) groups excluding carboxylic acids is 1. The van der Waals surface area contributed by atoms with E-state index in [0.717, 1.165) is 42.2 Å². The van der Waals surface area contributed by atoms with Gasteiger partial charge in [-0.2, -0.15) is 0 Å². The average Bonchev–Trinajstić information content (AvgIpc) is 2.81. The van der Waals surface area contributed by atoms with E-state index in [4.69, 9.17) is 0 Å². The van der Waals surface area contributed by atoms with E-state index in [-0.39, 0.29) is 6.03 Å². The van der Waals surface area contributed by atoms with Gasteiger partial charge in [-0.15, -0.1) is 0 Å². The summed E-state index contributed by atoms with van der Waals surface area (Å²) in [5.74, 6) is 1.61. The molecule has 6 heteroatoms. The molecule has 0 bridgehead atoms. The normalized spacial score (nSPS) is 18.2. The van der Waals surface area contributed by atoms with Gasteiger partial charge in [-0.05, 0) is 62.9 Å². The SMILES string of the molecule is CN(CC1CCN(c2ncccc2NC(=O)Nc2ccccc2)CC1)C1CCCCC1. The number of para-hydroxylation sites is 1. The van der Waals surface area contributed by atoms with Gasteiger partial charge < -0.3 is 20.4 Å². The Bertz CT molecular complexity index is 829. The summed E-state index contributed by atoms with van der Waals surface area (Å²) in [5, 5.41) is 5.86. The Balaban J connectivity index is 1.31. The van der Waals surface area contributed by atoms with E-state index in [2.05, 4.69) is 32.5 Å². The van der Waals surface area contributed by atoms with Crippen molar-refractivity contribution in [1.82, 2.24) is 9.88 Å². The maximum Gasteiger partial charge on any atom is 0.323 e. The van der Waals surface area contributed by atoms with Gasteiger partial charge in [0.25, 0.3) is 0 Å². The fourth-order valence-electron chi connectivity index (χ4n) is 4.96. The second-order valence-electron chi connectivity index (χ2n) is 8.98. The molecule has 1 saturated carbocycles. The number of pyridine rings is 1. The number of anilines is 3. The highest BCUT2D eigenvalue weighted by molar-refractivity contribution is 6.01. The minimum absolute atomic E-state index is 0.246. The Labute approximate surface area is 186 Å². The van der Waals surface area contributed by atoms with Crippen molar-refractivity contribution in [2.24, 2.45) is 5.92 Å². The van der Waals surface area contributed by atoms with Crippen molar-refractivity contribution in [1.29, 1.82) is 0 Å². The Morgan fingerprint density at radius 3 is 2.48 bits per heavy atom. The van der Waals surface area contributed by atoms with Crippen molar-refractivity contribution in [2.75, 3.05) is 42.2 Å². The predicted molar refractivity (Wildman–Crippen MR) is 128 cm³/mol. The Morgan fingerprint density at radius 2 is 1.74 bits per heavy atom. The van der Waals surface area contributed by atoms with Crippen LogP contribution in [0, 0.1) is 5.92 Å². The fourth-order valence-corrected chi connectivity index (χ4v) is 4.96. The number of amides is 2. The van der Waals surface area contributed by atoms with E-state index < -0.39 is 0 Å². The van der Waals surface area contributed by atoms with Crippen LogP contribution in [0.5, 0.6) is 0 Å². The van der Waals surface area contributed by atoms with Gasteiger partial charge >= 0.3 is 6.03 Å². The molecule has 31 heavy (non-hydrogen) atoms. The average molecular weight is 422 g/mol. The molecule has 4 rings (SSSR count). The lowest BCUT2D eigenvalue weighted by atomic mass is 9.91. The van der Waals surface area contributed by atoms with Crippen molar-refractivity contribution in [3.8, 4) is 0 Å². The summed E-state index contributed by atoms with van der Waals surface area (Å²) in [7, 11) is 2.31. The van der Waals surface area contributed by atoms with Gasteiger partial charge in [-0.25, -0.2) is 9.78 Å². The van der Waals surface area contributed by atoms with Crippen molar-refractivity contribution >= 4 is 23.2 Å². The fraction of sp³-hybridized carbons (Fsp3) is 0.520. The van der Waals surface area contributed by atoms with Crippen LogP contribution in [0.15, 0.2) is 48.7 Å². The zero-order chi connectivity index (χ0) is 21.5. The number of carbonyl (C=O) groups is 1. The zero-order valence-corrected chi connectivity index (χ0v) is 18.6. The third-order valence-corrected chi connectivity index (χ3v) is 6.72. The van der Waals surface area contributed by atoms with Crippen molar-refractivity contribution < 1.29 is 4.79 Å². The largest absolute Gasteiger partial charge is 0.355 e. The Kier molecular flexibility index (Phi) is 7.41. The molecular formula is C25H35N5O. The smallest absolute Gasteiger partial charge is 0.323 e. The van der Waals surface area contributed by atoms with Crippen LogP contribution in [0.1, 0.15) is 44.9 Å². The quantitative estimate of drug-likeness (QED) is 0.672. The Morgan fingerprint density at radius 1 is 1.00 bits per heavy atom. The molecule has 2 N–H and O–H groups in total. The molecule has 1 aromatic carbocycles. The van der Waals surface area contributed by atoms with Crippen molar-refractivity contribution in [3.05, 3.63) is 48.7 Å². The summed E-state index contributed by atoms with van der Waals surface area (Å²) in [4.78, 5) is 22.0. The van der Waals surface area contributed by atoms with Crippen LogP contribution >= 0.6 is 0 Å². The Hall–Kier alpha value is -2.60. The molecule has 6 nitrogen and oxygen atoms in total. The van der Waals surface area contributed by atoms with E-state index in [1.807, 2.05) is 42.5 Å². The number of aromatic nitrogens is 1. The summed E-state index contributed by atoms with van der Waals surface area (Å²) in [6, 6.07) is 13.8. The first kappa shape index (κ1) is 21.6. The summed E-state index contributed by atoms with van der Waals surface area (Å²) < 4.78 is 0. The highest BCUT2D eigenvalue weighted by Gasteiger charge is 2.26. The van der Waals surface area contributed by atoms with Crippen LogP contribution in [0.2, 0.25) is 0 Å². The molecule has 0 atom stereocenters. The topological polar surface area (TPSA) is 60.5 Å². The van der Waals surface area contributed by atoms with E-state index in [1.165, 1.54) is 51.5 Å².